The lowest BCUT2D eigenvalue weighted by Gasteiger charge is -2.12. The van der Waals surface area contributed by atoms with Crippen LogP contribution in [0.2, 0.25) is 0 Å². The second-order valence-corrected chi connectivity index (χ2v) is 7.19. The highest BCUT2D eigenvalue weighted by atomic mass is 79.9. The number of halogens is 2. The molecule has 29 heavy (non-hydrogen) atoms. The van der Waals surface area contributed by atoms with Crippen LogP contribution >= 0.6 is 15.9 Å². The Kier molecular flexibility index (Phi) is 6.61. The maximum absolute atomic E-state index is 14.0. The number of hydrogen-bond acceptors (Lipinski definition) is 3. The van der Waals surface area contributed by atoms with Gasteiger partial charge in [0.1, 0.15) is 11.6 Å². The highest BCUT2D eigenvalue weighted by Crippen LogP contribution is 2.22. The smallest absolute Gasteiger partial charge is 0.262 e. The molecule has 0 radical (unpaired) electrons. The summed E-state index contributed by atoms with van der Waals surface area (Å²) >= 11 is 3.33. The van der Waals surface area contributed by atoms with Crippen molar-refractivity contribution in [2.45, 2.75) is 6.92 Å². The monoisotopic (exact) mass is 456 g/mol. The van der Waals surface area contributed by atoms with Gasteiger partial charge >= 0.3 is 0 Å². The molecule has 0 aliphatic heterocycles. The highest BCUT2D eigenvalue weighted by molar-refractivity contribution is 9.10. The fourth-order valence-electron chi connectivity index (χ4n) is 2.56. The number of carbonyl (C=O) groups is 2. The Morgan fingerprint density at radius 2 is 1.72 bits per heavy atom. The van der Waals surface area contributed by atoms with Crippen molar-refractivity contribution in [3.8, 4) is 5.75 Å². The molecular formula is C22H18BrFN2O3. The number of benzene rings is 3. The van der Waals surface area contributed by atoms with E-state index >= 15 is 0 Å². The molecule has 2 amide bonds. The number of carbonyl (C=O) groups excluding carboxylic acids is 2. The third-order valence-corrected chi connectivity index (χ3v) is 4.52. The number of nitrogens with one attached hydrogen (secondary N) is 2. The fraction of sp³-hybridized carbons (Fsp3) is 0.0909. The Balaban J connectivity index is 1.65. The minimum absolute atomic E-state index is 0.0726. The molecular weight excluding hydrogens is 439 g/mol. The highest BCUT2D eigenvalue weighted by Gasteiger charge is 2.15. The number of rotatable bonds is 6. The van der Waals surface area contributed by atoms with E-state index in [0.717, 1.165) is 10.0 Å². The van der Waals surface area contributed by atoms with Gasteiger partial charge in [0.05, 0.1) is 11.3 Å². The second kappa shape index (κ2) is 9.34. The van der Waals surface area contributed by atoms with Gasteiger partial charge in [-0.1, -0.05) is 34.1 Å². The number of amides is 2. The van der Waals surface area contributed by atoms with Gasteiger partial charge in [-0.15, -0.1) is 0 Å². The third-order valence-electron chi connectivity index (χ3n) is 3.99. The van der Waals surface area contributed by atoms with E-state index in [4.69, 9.17) is 4.74 Å². The van der Waals surface area contributed by atoms with Crippen molar-refractivity contribution in [1.82, 2.24) is 0 Å². The maximum Gasteiger partial charge on any atom is 0.262 e. The zero-order valence-corrected chi connectivity index (χ0v) is 17.1. The Labute approximate surface area is 176 Å². The number of ether oxygens (including phenoxy) is 1. The Morgan fingerprint density at radius 3 is 2.45 bits per heavy atom. The molecule has 0 saturated heterocycles. The van der Waals surface area contributed by atoms with Crippen molar-refractivity contribution in [2.24, 2.45) is 0 Å². The van der Waals surface area contributed by atoms with Crippen LogP contribution in [-0.2, 0) is 4.79 Å². The van der Waals surface area contributed by atoms with Crippen LogP contribution < -0.4 is 15.4 Å². The van der Waals surface area contributed by atoms with Gasteiger partial charge in [0.2, 0.25) is 0 Å². The predicted molar refractivity (Wildman–Crippen MR) is 114 cm³/mol. The molecule has 0 saturated carbocycles. The van der Waals surface area contributed by atoms with Crippen LogP contribution in [0.1, 0.15) is 15.9 Å². The van der Waals surface area contributed by atoms with Crippen molar-refractivity contribution in [3.05, 3.63) is 88.1 Å². The Hall–Kier alpha value is -3.19. The van der Waals surface area contributed by atoms with E-state index in [1.165, 1.54) is 12.1 Å². The van der Waals surface area contributed by atoms with Gasteiger partial charge in [0.15, 0.2) is 6.61 Å². The summed E-state index contributed by atoms with van der Waals surface area (Å²) in [6.07, 6.45) is 0. The average Bonchev–Trinajstić information content (AvgIpc) is 2.70. The Bertz CT molecular complexity index is 1040. The molecule has 3 aromatic rings. The maximum atomic E-state index is 14.0. The minimum Gasteiger partial charge on any atom is -0.483 e. The molecule has 7 heteroatoms. The average molecular weight is 457 g/mol. The first-order valence-corrected chi connectivity index (χ1v) is 9.56. The summed E-state index contributed by atoms with van der Waals surface area (Å²) in [5, 5.41) is 5.23. The minimum atomic E-state index is -0.531. The van der Waals surface area contributed by atoms with Crippen molar-refractivity contribution in [2.75, 3.05) is 17.2 Å². The normalized spacial score (nSPS) is 10.3. The summed E-state index contributed by atoms with van der Waals surface area (Å²) < 4.78 is 20.4. The number of para-hydroxylation sites is 1. The molecule has 0 unspecified atom stereocenters. The molecule has 148 valence electrons. The largest absolute Gasteiger partial charge is 0.483 e. The van der Waals surface area contributed by atoms with Gasteiger partial charge in [-0.05, 0) is 61.0 Å². The van der Waals surface area contributed by atoms with Crippen molar-refractivity contribution in [3.63, 3.8) is 0 Å². The first kappa shape index (κ1) is 20.5. The van der Waals surface area contributed by atoms with E-state index in [2.05, 4.69) is 26.6 Å². The van der Waals surface area contributed by atoms with E-state index < -0.39 is 11.7 Å². The summed E-state index contributed by atoms with van der Waals surface area (Å²) in [6.45, 7) is 1.48. The fourth-order valence-corrected chi connectivity index (χ4v) is 2.83. The third kappa shape index (κ3) is 5.65. The van der Waals surface area contributed by atoms with Gasteiger partial charge < -0.3 is 15.4 Å². The van der Waals surface area contributed by atoms with Crippen LogP contribution in [0.4, 0.5) is 15.8 Å². The molecule has 2 N–H and O–H groups in total. The number of aryl methyl sites for hydroxylation is 1. The summed E-state index contributed by atoms with van der Waals surface area (Å²) in [4.78, 5) is 24.7. The molecule has 0 fully saturated rings. The molecule has 0 aliphatic carbocycles. The van der Waals surface area contributed by atoms with Gasteiger partial charge in [0.25, 0.3) is 11.8 Å². The molecule has 0 spiro atoms. The molecule has 3 aromatic carbocycles. The molecule has 0 atom stereocenters. The SMILES string of the molecule is Cc1ccc(NC(=O)c2ccccc2OCC(=O)Nc2ccc(Br)cc2)c(F)c1. The Morgan fingerprint density at radius 1 is 1.00 bits per heavy atom. The first-order valence-electron chi connectivity index (χ1n) is 8.77. The summed E-state index contributed by atoms with van der Waals surface area (Å²) in [6, 6.07) is 18.1. The molecule has 5 nitrogen and oxygen atoms in total. The number of anilines is 2. The van der Waals surface area contributed by atoms with Gasteiger partial charge in [-0.2, -0.15) is 0 Å². The lowest BCUT2D eigenvalue weighted by molar-refractivity contribution is -0.118. The standard InChI is InChI=1S/C22H18BrFN2O3/c1-14-6-11-19(18(24)12-14)26-22(28)17-4-2-3-5-20(17)29-13-21(27)25-16-9-7-15(23)8-10-16/h2-12H,13H2,1H3,(H,25,27)(H,26,28). The zero-order valence-electron chi connectivity index (χ0n) is 15.5. The van der Waals surface area contributed by atoms with Gasteiger partial charge in [0, 0.05) is 10.2 Å². The van der Waals surface area contributed by atoms with Crippen LogP contribution in [0, 0.1) is 12.7 Å². The van der Waals surface area contributed by atoms with Crippen molar-refractivity contribution in [1.29, 1.82) is 0 Å². The van der Waals surface area contributed by atoms with E-state index in [9.17, 15) is 14.0 Å². The van der Waals surface area contributed by atoms with E-state index in [1.54, 1.807) is 61.5 Å². The van der Waals surface area contributed by atoms with Crippen LogP contribution in [-0.4, -0.2) is 18.4 Å². The molecule has 0 aromatic heterocycles. The van der Waals surface area contributed by atoms with Crippen molar-refractivity contribution >= 4 is 39.1 Å². The second-order valence-electron chi connectivity index (χ2n) is 6.28. The lowest BCUT2D eigenvalue weighted by Crippen LogP contribution is -2.21. The molecule has 0 heterocycles. The van der Waals surface area contributed by atoms with Crippen molar-refractivity contribution < 1.29 is 18.7 Å². The van der Waals surface area contributed by atoms with E-state index in [-0.39, 0.29) is 29.5 Å². The van der Waals surface area contributed by atoms with Gasteiger partial charge in [-0.3, -0.25) is 9.59 Å². The zero-order chi connectivity index (χ0) is 20.8. The van der Waals surface area contributed by atoms with E-state index in [1.807, 2.05) is 0 Å². The molecule has 3 rings (SSSR count). The quantitative estimate of drug-likeness (QED) is 0.537. The van der Waals surface area contributed by atoms with Crippen LogP contribution in [0.15, 0.2) is 71.2 Å². The molecule has 0 bridgehead atoms. The van der Waals surface area contributed by atoms with Gasteiger partial charge in [-0.25, -0.2) is 4.39 Å². The summed E-state index contributed by atoms with van der Waals surface area (Å²) in [5.74, 6) is -1.20. The van der Waals surface area contributed by atoms with Crippen LogP contribution in [0.3, 0.4) is 0 Å². The first-order chi connectivity index (χ1) is 13.9. The lowest BCUT2D eigenvalue weighted by atomic mass is 10.1. The van der Waals surface area contributed by atoms with Crippen LogP contribution in [0.25, 0.3) is 0 Å². The van der Waals surface area contributed by atoms with E-state index in [0.29, 0.717) is 5.69 Å². The topological polar surface area (TPSA) is 67.4 Å². The summed E-state index contributed by atoms with van der Waals surface area (Å²) in [7, 11) is 0. The predicted octanol–water partition coefficient (Wildman–Crippen LogP) is 5.17. The molecule has 0 aliphatic rings. The summed E-state index contributed by atoms with van der Waals surface area (Å²) in [5.41, 5.74) is 1.65. The number of hydrogen-bond donors (Lipinski definition) is 2. The van der Waals surface area contributed by atoms with Crippen LogP contribution in [0.5, 0.6) is 5.75 Å².